The second-order valence-electron chi connectivity index (χ2n) is 7.81. The van der Waals surface area contributed by atoms with Crippen LogP contribution in [0.25, 0.3) is 0 Å². The minimum Gasteiger partial charge on any atom is -0.459 e. The van der Waals surface area contributed by atoms with E-state index in [1.54, 1.807) is 6.07 Å². The van der Waals surface area contributed by atoms with Crippen LogP contribution in [0.1, 0.15) is 57.2 Å². The topological polar surface area (TPSA) is 69.9 Å². The van der Waals surface area contributed by atoms with Gasteiger partial charge in [-0.2, -0.15) is 0 Å². The van der Waals surface area contributed by atoms with Crippen molar-refractivity contribution in [1.29, 1.82) is 0 Å². The molecule has 1 aromatic rings. The van der Waals surface area contributed by atoms with Crippen molar-refractivity contribution in [2.45, 2.75) is 53.5 Å². The normalized spacial score (nSPS) is 18.6. The summed E-state index contributed by atoms with van der Waals surface area (Å²) in [7, 11) is 0. The Labute approximate surface area is 151 Å². The fourth-order valence-corrected chi connectivity index (χ4v) is 2.95. The van der Waals surface area contributed by atoms with E-state index in [1.165, 1.54) is 6.26 Å². The van der Waals surface area contributed by atoms with E-state index < -0.39 is 0 Å². The van der Waals surface area contributed by atoms with Gasteiger partial charge < -0.3 is 20.0 Å². The molecule has 0 spiro atoms. The summed E-state index contributed by atoms with van der Waals surface area (Å²) < 4.78 is 5.19. The van der Waals surface area contributed by atoms with Crippen molar-refractivity contribution in [3.05, 3.63) is 23.7 Å². The maximum Gasteiger partial charge on any atom is 0.287 e. The standard InChI is InChI=1S/C19H32N4O2/c1-7-20-17(23-13-18(3,4)19(23,5)6)22-11-8-10-21-16(24)15-14(2)9-12-25-15/h9,12H,7-8,10-11,13H2,1-6H3,(H,20,22)(H,21,24). The van der Waals surface area contributed by atoms with Crippen LogP contribution in [0.3, 0.4) is 0 Å². The summed E-state index contributed by atoms with van der Waals surface area (Å²) in [5.41, 5.74) is 1.21. The summed E-state index contributed by atoms with van der Waals surface area (Å²) in [5.74, 6) is 1.19. The Bertz CT molecular complexity index is 631. The van der Waals surface area contributed by atoms with Gasteiger partial charge in [0.05, 0.1) is 6.26 Å². The van der Waals surface area contributed by atoms with Crippen molar-refractivity contribution in [1.82, 2.24) is 15.5 Å². The summed E-state index contributed by atoms with van der Waals surface area (Å²) in [6, 6.07) is 1.79. The van der Waals surface area contributed by atoms with Crippen molar-refractivity contribution in [2.75, 3.05) is 26.2 Å². The Morgan fingerprint density at radius 2 is 2.04 bits per heavy atom. The molecule has 6 nitrogen and oxygen atoms in total. The first-order chi connectivity index (χ1) is 11.7. The number of carbonyl (C=O) groups excluding carboxylic acids is 1. The van der Waals surface area contributed by atoms with E-state index in [4.69, 9.17) is 9.41 Å². The van der Waals surface area contributed by atoms with Gasteiger partial charge in [-0.05, 0) is 40.2 Å². The lowest BCUT2D eigenvalue weighted by Gasteiger charge is -2.62. The molecule has 1 fully saturated rings. The van der Waals surface area contributed by atoms with Gasteiger partial charge in [0.15, 0.2) is 11.7 Å². The molecule has 0 atom stereocenters. The molecule has 0 aliphatic carbocycles. The highest BCUT2D eigenvalue weighted by molar-refractivity contribution is 5.92. The fourth-order valence-electron chi connectivity index (χ4n) is 2.95. The molecule has 1 amide bonds. The highest BCUT2D eigenvalue weighted by Crippen LogP contribution is 2.46. The molecular formula is C19H32N4O2. The molecule has 2 N–H and O–H groups in total. The first-order valence-electron chi connectivity index (χ1n) is 9.09. The average molecular weight is 348 g/mol. The summed E-state index contributed by atoms with van der Waals surface area (Å²) in [6.45, 7) is 16.1. The highest BCUT2D eigenvalue weighted by atomic mass is 16.3. The van der Waals surface area contributed by atoms with Gasteiger partial charge >= 0.3 is 0 Å². The number of likely N-dealkylation sites (tertiary alicyclic amines) is 1. The van der Waals surface area contributed by atoms with Crippen molar-refractivity contribution in [3.63, 3.8) is 0 Å². The van der Waals surface area contributed by atoms with E-state index in [0.29, 0.717) is 18.8 Å². The van der Waals surface area contributed by atoms with Crippen LogP contribution in [-0.2, 0) is 0 Å². The van der Waals surface area contributed by atoms with Crippen LogP contribution in [0.5, 0.6) is 0 Å². The van der Waals surface area contributed by atoms with Gasteiger partial charge in [0.1, 0.15) is 0 Å². The number of aliphatic imine (C=N–C) groups is 1. The van der Waals surface area contributed by atoms with Crippen LogP contribution in [0, 0.1) is 12.3 Å². The van der Waals surface area contributed by atoms with Crippen LogP contribution >= 0.6 is 0 Å². The van der Waals surface area contributed by atoms with Crippen molar-refractivity contribution < 1.29 is 9.21 Å². The van der Waals surface area contributed by atoms with E-state index in [0.717, 1.165) is 31.0 Å². The molecule has 0 bridgehead atoms. The zero-order valence-electron chi connectivity index (χ0n) is 16.4. The van der Waals surface area contributed by atoms with Gasteiger partial charge in [-0.1, -0.05) is 13.8 Å². The van der Waals surface area contributed by atoms with Gasteiger partial charge in [0, 0.05) is 42.7 Å². The lowest BCUT2D eigenvalue weighted by molar-refractivity contribution is -0.0667. The Balaban J connectivity index is 1.82. The van der Waals surface area contributed by atoms with E-state index in [-0.39, 0.29) is 16.9 Å². The summed E-state index contributed by atoms with van der Waals surface area (Å²) in [6.07, 6.45) is 2.32. The third-order valence-electron chi connectivity index (χ3n) is 5.43. The third-order valence-corrected chi connectivity index (χ3v) is 5.43. The van der Waals surface area contributed by atoms with Gasteiger partial charge in [-0.25, -0.2) is 0 Å². The quantitative estimate of drug-likeness (QED) is 0.471. The molecule has 1 aromatic heterocycles. The van der Waals surface area contributed by atoms with Crippen LogP contribution in [0.4, 0.5) is 0 Å². The molecule has 2 rings (SSSR count). The maximum atomic E-state index is 12.0. The van der Waals surface area contributed by atoms with Crippen LogP contribution < -0.4 is 10.6 Å². The molecule has 0 aromatic carbocycles. The zero-order chi connectivity index (χ0) is 18.7. The van der Waals surface area contributed by atoms with Crippen LogP contribution in [0.2, 0.25) is 0 Å². The molecule has 1 aliphatic heterocycles. The molecule has 140 valence electrons. The number of hydrogen-bond donors (Lipinski definition) is 2. The molecule has 25 heavy (non-hydrogen) atoms. The molecule has 1 aliphatic rings. The number of nitrogens with zero attached hydrogens (tertiary/aromatic N) is 2. The first kappa shape index (κ1) is 19.3. The SMILES string of the molecule is CCNC(=NCCCNC(=O)c1occc1C)N1CC(C)(C)C1(C)C. The predicted octanol–water partition coefficient (Wildman–Crippen LogP) is 2.79. The second kappa shape index (κ2) is 7.50. The largest absolute Gasteiger partial charge is 0.459 e. The smallest absolute Gasteiger partial charge is 0.287 e. The Hall–Kier alpha value is -1.98. The van der Waals surface area contributed by atoms with E-state index in [2.05, 4.69) is 50.2 Å². The highest BCUT2D eigenvalue weighted by Gasteiger charge is 2.53. The van der Waals surface area contributed by atoms with Crippen molar-refractivity contribution >= 4 is 11.9 Å². The van der Waals surface area contributed by atoms with Crippen molar-refractivity contribution in [3.8, 4) is 0 Å². The second-order valence-corrected chi connectivity index (χ2v) is 7.81. The van der Waals surface area contributed by atoms with E-state index in [1.807, 2.05) is 6.92 Å². The first-order valence-corrected chi connectivity index (χ1v) is 9.09. The van der Waals surface area contributed by atoms with Crippen LogP contribution in [-0.4, -0.2) is 48.5 Å². The molecule has 0 radical (unpaired) electrons. The number of rotatable bonds is 6. The monoisotopic (exact) mass is 348 g/mol. The Morgan fingerprint density at radius 3 is 2.56 bits per heavy atom. The summed E-state index contributed by atoms with van der Waals surface area (Å²) >= 11 is 0. The number of hydrogen-bond acceptors (Lipinski definition) is 3. The van der Waals surface area contributed by atoms with Crippen LogP contribution in [0.15, 0.2) is 21.7 Å². The molecule has 6 heteroatoms. The number of amides is 1. The summed E-state index contributed by atoms with van der Waals surface area (Å²) in [4.78, 5) is 19.1. The molecule has 1 saturated heterocycles. The molecule has 2 heterocycles. The number of nitrogens with one attached hydrogen (secondary N) is 2. The van der Waals surface area contributed by atoms with Gasteiger partial charge in [-0.3, -0.25) is 9.79 Å². The number of guanidine groups is 1. The number of furan rings is 1. The average Bonchev–Trinajstić information content (AvgIpc) is 2.97. The number of carbonyl (C=O) groups is 1. The molecule has 0 saturated carbocycles. The lowest BCUT2D eigenvalue weighted by Crippen LogP contribution is -2.72. The Kier molecular flexibility index (Phi) is 5.80. The maximum absolute atomic E-state index is 12.0. The molecular weight excluding hydrogens is 316 g/mol. The Morgan fingerprint density at radius 1 is 1.32 bits per heavy atom. The van der Waals surface area contributed by atoms with E-state index in [9.17, 15) is 4.79 Å². The van der Waals surface area contributed by atoms with Crippen molar-refractivity contribution in [2.24, 2.45) is 10.4 Å². The molecule has 0 unspecified atom stereocenters. The fraction of sp³-hybridized carbons (Fsp3) is 0.684. The number of aryl methyl sites for hydroxylation is 1. The minimum absolute atomic E-state index is 0.0824. The predicted molar refractivity (Wildman–Crippen MR) is 101 cm³/mol. The summed E-state index contributed by atoms with van der Waals surface area (Å²) in [5, 5.41) is 6.26. The third kappa shape index (κ3) is 3.99. The van der Waals surface area contributed by atoms with E-state index >= 15 is 0 Å². The zero-order valence-corrected chi connectivity index (χ0v) is 16.4. The minimum atomic E-state index is -0.163. The lowest BCUT2D eigenvalue weighted by atomic mass is 9.65. The van der Waals surface area contributed by atoms with Gasteiger partial charge in [0.25, 0.3) is 5.91 Å². The van der Waals surface area contributed by atoms with Gasteiger partial charge in [-0.15, -0.1) is 0 Å². The van der Waals surface area contributed by atoms with Gasteiger partial charge in [0.2, 0.25) is 0 Å².